The van der Waals surface area contributed by atoms with Gasteiger partial charge in [-0.3, -0.25) is 29.8 Å². The summed E-state index contributed by atoms with van der Waals surface area (Å²) < 4.78 is 5.44. The molecule has 13 heteroatoms. The highest BCUT2D eigenvalue weighted by Crippen LogP contribution is 2.32. The van der Waals surface area contributed by atoms with Gasteiger partial charge in [0.25, 0.3) is 5.69 Å². The first-order valence-electron chi connectivity index (χ1n) is 10.8. The van der Waals surface area contributed by atoms with Gasteiger partial charge in [-0.2, -0.15) is 0 Å². The van der Waals surface area contributed by atoms with Crippen LogP contribution in [0, 0.1) is 22.0 Å². The third-order valence-corrected chi connectivity index (χ3v) is 5.89. The third-order valence-electron chi connectivity index (χ3n) is 5.66. The van der Waals surface area contributed by atoms with Crippen LogP contribution in [0.3, 0.4) is 0 Å². The molecule has 2 fully saturated rings. The highest BCUT2D eigenvalue weighted by atomic mass is 35.5. The Hall–Kier alpha value is -3.90. The van der Waals surface area contributed by atoms with Gasteiger partial charge < -0.3 is 26.0 Å². The smallest absolute Gasteiger partial charge is 0.273 e. The fraction of sp³-hybridized carbons (Fsp3) is 0.318. The lowest BCUT2D eigenvalue weighted by molar-refractivity contribution is -0.384. The maximum atomic E-state index is 13.2. The van der Waals surface area contributed by atoms with Crippen molar-refractivity contribution in [2.45, 2.75) is 25.8 Å². The van der Waals surface area contributed by atoms with E-state index >= 15 is 0 Å². The lowest BCUT2D eigenvalue weighted by Gasteiger charge is -2.43. The van der Waals surface area contributed by atoms with Crippen LogP contribution in [0.2, 0.25) is 5.02 Å². The number of rotatable bonds is 7. The van der Waals surface area contributed by atoms with Gasteiger partial charge in [0, 0.05) is 23.2 Å². The van der Waals surface area contributed by atoms with Crippen molar-refractivity contribution in [3.63, 3.8) is 0 Å². The summed E-state index contributed by atoms with van der Waals surface area (Å²) >= 11 is 6.00. The predicted octanol–water partition coefficient (Wildman–Crippen LogP) is 1.78. The highest BCUT2D eigenvalue weighted by molar-refractivity contribution is 6.30. The number of hydrogen-bond donors (Lipinski definition) is 5. The predicted molar refractivity (Wildman–Crippen MR) is 127 cm³/mol. The molecule has 0 aromatic heterocycles. The topological polar surface area (TPSA) is 164 Å². The second-order valence-corrected chi connectivity index (χ2v) is 8.44. The number of nitro groups is 1. The first-order valence-corrected chi connectivity index (χ1v) is 11.2. The maximum Gasteiger partial charge on any atom is 0.273 e. The summed E-state index contributed by atoms with van der Waals surface area (Å²) in [6.45, 7) is 1.92. The molecular weight excluding hydrogens is 480 g/mol. The van der Waals surface area contributed by atoms with Crippen LogP contribution in [-0.4, -0.2) is 41.7 Å². The number of amides is 3. The molecule has 12 nitrogen and oxygen atoms in total. The molecule has 2 aromatic rings. The Morgan fingerprint density at radius 3 is 2.74 bits per heavy atom. The Balaban J connectivity index is 1.51. The van der Waals surface area contributed by atoms with Crippen molar-refractivity contribution < 1.29 is 24.0 Å². The number of ether oxygens (including phenoxy) is 1. The van der Waals surface area contributed by atoms with E-state index in [0.717, 1.165) is 0 Å². The number of nitro benzene ring substituents is 1. The van der Waals surface area contributed by atoms with Crippen LogP contribution in [0.5, 0.6) is 5.75 Å². The Labute approximate surface area is 204 Å². The van der Waals surface area contributed by atoms with E-state index in [9.17, 15) is 24.5 Å². The van der Waals surface area contributed by atoms with Crippen molar-refractivity contribution in [3.8, 4) is 5.75 Å². The normalized spacial score (nSPS) is 23.4. The second kappa shape index (κ2) is 10.2. The number of halogens is 1. The Bertz CT molecular complexity index is 1180. The van der Waals surface area contributed by atoms with Crippen LogP contribution >= 0.6 is 11.6 Å². The lowest BCUT2D eigenvalue weighted by atomic mass is 9.81. The number of carbonyl (C=O) groups is 3. The molecule has 2 aromatic carbocycles. The molecule has 4 atom stereocenters. The molecule has 4 rings (SSSR count). The molecule has 184 valence electrons. The van der Waals surface area contributed by atoms with Gasteiger partial charge in [0.05, 0.1) is 41.3 Å². The zero-order valence-electron chi connectivity index (χ0n) is 18.5. The molecule has 0 bridgehead atoms. The molecule has 4 unspecified atom stereocenters. The van der Waals surface area contributed by atoms with E-state index < -0.39 is 46.9 Å². The van der Waals surface area contributed by atoms with Crippen molar-refractivity contribution in [1.82, 2.24) is 16.0 Å². The summed E-state index contributed by atoms with van der Waals surface area (Å²) in [5.41, 5.74) is 0.652. The minimum atomic E-state index is -0.988. The zero-order valence-corrected chi connectivity index (χ0v) is 19.3. The summed E-state index contributed by atoms with van der Waals surface area (Å²) in [6, 6.07) is 10.7. The van der Waals surface area contributed by atoms with Crippen LogP contribution in [-0.2, 0) is 14.4 Å². The number of hydrogen-bond acceptors (Lipinski definition) is 8. The Morgan fingerprint density at radius 2 is 2.03 bits per heavy atom. The van der Waals surface area contributed by atoms with Crippen molar-refractivity contribution in [2.24, 2.45) is 11.8 Å². The average Bonchev–Trinajstić information content (AvgIpc) is 2.79. The van der Waals surface area contributed by atoms with Crippen molar-refractivity contribution in [2.75, 3.05) is 17.2 Å². The fourth-order valence-corrected chi connectivity index (χ4v) is 4.32. The first-order chi connectivity index (χ1) is 16.7. The Kier molecular flexibility index (Phi) is 7.03. The summed E-state index contributed by atoms with van der Waals surface area (Å²) in [4.78, 5) is 49.1. The minimum absolute atomic E-state index is 0.115. The number of nitrogens with one attached hydrogen (secondary N) is 5. The average molecular weight is 503 g/mol. The fourth-order valence-electron chi connectivity index (χ4n) is 4.13. The van der Waals surface area contributed by atoms with Gasteiger partial charge in [0.2, 0.25) is 17.7 Å². The zero-order chi connectivity index (χ0) is 25.1. The number of piperidine rings is 1. The van der Waals surface area contributed by atoms with Crippen LogP contribution in [0.1, 0.15) is 13.3 Å². The van der Waals surface area contributed by atoms with Gasteiger partial charge in [-0.25, -0.2) is 0 Å². The minimum Gasteiger partial charge on any atom is -0.491 e. The molecule has 0 aliphatic carbocycles. The van der Waals surface area contributed by atoms with E-state index in [2.05, 4.69) is 26.6 Å². The van der Waals surface area contributed by atoms with Crippen LogP contribution in [0.4, 0.5) is 17.1 Å². The van der Waals surface area contributed by atoms with Crippen molar-refractivity contribution in [3.05, 3.63) is 57.6 Å². The van der Waals surface area contributed by atoms with E-state index in [-0.39, 0.29) is 30.2 Å². The molecule has 3 amide bonds. The standard InChI is InChI=1S/C22H23ClN6O6/c1-2-35-16-9-13(29(33)34)6-7-15(16)25-20(31)14-10-17(30)26-19-18(14)21(32)28-22(27-19)24-12-5-3-4-11(23)8-12/h3-9,14,18-19,22,24,27H,2,10H2,1H3,(H,25,31)(H,26,30)(H,28,32). The summed E-state index contributed by atoms with van der Waals surface area (Å²) in [5, 5.41) is 25.9. The van der Waals surface area contributed by atoms with Crippen molar-refractivity contribution in [1.29, 1.82) is 0 Å². The summed E-state index contributed by atoms with van der Waals surface area (Å²) in [6.07, 6.45) is -1.73. The largest absolute Gasteiger partial charge is 0.491 e. The number of benzene rings is 2. The number of anilines is 2. The van der Waals surface area contributed by atoms with Gasteiger partial charge in [0.1, 0.15) is 5.75 Å². The van der Waals surface area contributed by atoms with Gasteiger partial charge in [0.15, 0.2) is 6.29 Å². The van der Waals surface area contributed by atoms with Gasteiger partial charge in [-0.1, -0.05) is 17.7 Å². The van der Waals surface area contributed by atoms with Crippen molar-refractivity contribution >= 4 is 46.4 Å². The first kappa shape index (κ1) is 24.2. The molecular formula is C22H23ClN6O6. The molecule has 0 radical (unpaired) electrons. The van der Waals surface area contributed by atoms with E-state index in [1.807, 2.05) is 0 Å². The van der Waals surface area contributed by atoms with E-state index in [0.29, 0.717) is 10.7 Å². The molecule has 2 heterocycles. The molecule has 0 saturated carbocycles. The van der Waals surface area contributed by atoms with E-state index in [1.165, 1.54) is 18.2 Å². The SMILES string of the molecule is CCOc1cc([N+](=O)[O-])ccc1NC(=O)C1CC(=O)NC2NC(Nc3cccc(Cl)c3)NC(=O)C21. The number of non-ortho nitro benzene ring substituents is 1. The van der Waals surface area contributed by atoms with Crippen LogP contribution in [0.25, 0.3) is 0 Å². The number of nitrogens with zero attached hydrogens (tertiary/aromatic N) is 1. The third kappa shape index (κ3) is 5.44. The quantitative estimate of drug-likeness (QED) is 0.282. The Morgan fingerprint density at radius 1 is 1.23 bits per heavy atom. The van der Waals surface area contributed by atoms with Crippen LogP contribution in [0.15, 0.2) is 42.5 Å². The number of carbonyl (C=O) groups excluding carboxylic acids is 3. The summed E-state index contributed by atoms with van der Waals surface area (Å²) in [7, 11) is 0. The molecule has 2 aliphatic rings. The van der Waals surface area contributed by atoms with E-state index in [4.69, 9.17) is 16.3 Å². The van der Waals surface area contributed by atoms with Gasteiger partial charge in [-0.15, -0.1) is 0 Å². The van der Waals surface area contributed by atoms with Gasteiger partial charge >= 0.3 is 0 Å². The summed E-state index contributed by atoms with van der Waals surface area (Å²) in [5.74, 6) is -3.17. The lowest BCUT2D eigenvalue weighted by Crippen LogP contribution is -2.72. The van der Waals surface area contributed by atoms with Gasteiger partial charge in [-0.05, 0) is 31.2 Å². The molecule has 2 saturated heterocycles. The molecule has 0 spiro atoms. The molecule has 5 N–H and O–H groups in total. The molecule has 2 aliphatic heterocycles. The monoisotopic (exact) mass is 502 g/mol. The van der Waals surface area contributed by atoms with E-state index in [1.54, 1.807) is 31.2 Å². The number of fused-ring (bicyclic) bond motifs is 1. The highest BCUT2D eigenvalue weighted by Gasteiger charge is 2.48. The second-order valence-electron chi connectivity index (χ2n) is 8.00. The molecule has 35 heavy (non-hydrogen) atoms. The maximum absolute atomic E-state index is 13.2. The van der Waals surface area contributed by atoms with Crippen LogP contribution < -0.4 is 31.3 Å².